The van der Waals surface area contributed by atoms with Crippen LogP contribution < -0.4 is 19.9 Å². The first-order valence-electron chi connectivity index (χ1n) is 5.94. The fraction of sp³-hybridized carbons (Fsp3) is 0.133. The predicted octanol–water partition coefficient (Wildman–Crippen LogP) is 3.13. The Morgan fingerprint density at radius 2 is 1.65 bits per heavy atom. The van der Waals surface area contributed by atoms with Gasteiger partial charge in [0.05, 0.1) is 19.8 Å². The van der Waals surface area contributed by atoms with Crippen LogP contribution in [0.2, 0.25) is 0 Å². The highest BCUT2D eigenvalue weighted by Crippen LogP contribution is 2.34. The Kier molecular flexibility index (Phi) is 4.42. The molecule has 4 nitrogen and oxygen atoms in total. The lowest BCUT2D eigenvalue weighted by atomic mass is 10.2. The third-order valence-corrected chi connectivity index (χ3v) is 2.96. The summed E-state index contributed by atoms with van der Waals surface area (Å²) in [5.41, 5.74) is 6.35. The molecule has 0 spiro atoms. The zero-order chi connectivity index (χ0) is 14.5. The first-order chi connectivity index (χ1) is 9.65. The average molecular weight is 289 g/mol. The zero-order valence-corrected chi connectivity index (χ0v) is 12.1. The van der Waals surface area contributed by atoms with Gasteiger partial charge in [0.1, 0.15) is 16.5 Å². The van der Waals surface area contributed by atoms with Gasteiger partial charge in [0.15, 0.2) is 11.5 Å². The lowest BCUT2D eigenvalue weighted by molar-refractivity contribution is 0.375. The molecule has 20 heavy (non-hydrogen) atoms. The lowest BCUT2D eigenvalue weighted by Gasteiger charge is -2.14. The molecule has 2 N–H and O–H groups in total. The number of para-hydroxylation sites is 2. The van der Waals surface area contributed by atoms with Gasteiger partial charge >= 0.3 is 0 Å². The molecule has 0 saturated heterocycles. The van der Waals surface area contributed by atoms with Gasteiger partial charge < -0.3 is 19.9 Å². The Hall–Kier alpha value is -2.27. The molecule has 0 aliphatic heterocycles. The van der Waals surface area contributed by atoms with Crippen molar-refractivity contribution in [2.45, 2.75) is 0 Å². The van der Waals surface area contributed by atoms with Crippen LogP contribution in [0, 0.1) is 0 Å². The van der Waals surface area contributed by atoms with Gasteiger partial charge in [0.2, 0.25) is 0 Å². The molecule has 0 bridgehead atoms. The molecule has 0 aliphatic carbocycles. The standard InChI is InChI=1S/C15H15NO3S/c1-17-10-7-8-11(15(16)20)14(9-10)19-13-6-4-3-5-12(13)18-2/h3-9H,1-2H3,(H2,16,20). The molecule has 0 aliphatic rings. The Morgan fingerprint density at radius 1 is 0.950 bits per heavy atom. The summed E-state index contributed by atoms with van der Waals surface area (Å²) in [5.74, 6) is 2.40. The molecule has 2 aromatic carbocycles. The molecule has 0 aromatic heterocycles. The summed E-state index contributed by atoms with van der Waals surface area (Å²) in [5, 5.41) is 0. The van der Waals surface area contributed by atoms with Crippen molar-refractivity contribution < 1.29 is 14.2 Å². The maximum absolute atomic E-state index is 5.86. The largest absolute Gasteiger partial charge is 0.497 e. The van der Waals surface area contributed by atoms with Crippen molar-refractivity contribution in [3.8, 4) is 23.0 Å². The highest BCUT2D eigenvalue weighted by atomic mass is 32.1. The van der Waals surface area contributed by atoms with E-state index in [9.17, 15) is 0 Å². The Balaban J connectivity index is 2.43. The molecular weight excluding hydrogens is 274 g/mol. The number of benzene rings is 2. The minimum Gasteiger partial charge on any atom is -0.497 e. The highest BCUT2D eigenvalue weighted by Gasteiger charge is 2.11. The summed E-state index contributed by atoms with van der Waals surface area (Å²) < 4.78 is 16.3. The van der Waals surface area contributed by atoms with E-state index < -0.39 is 0 Å². The van der Waals surface area contributed by atoms with Crippen LogP contribution in [0.1, 0.15) is 5.56 Å². The van der Waals surface area contributed by atoms with E-state index in [-0.39, 0.29) is 4.99 Å². The van der Waals surface area contributed by atoms with E-state index in [2.05, 4.69) is 0 Å². The predicted molar refractivity (Wildman–Crippen MR) is 81.9 cm³/mol. The number of ether oxygens (including phenoxy) is 3. The van der Waals surface area contributed by atoms with Crippen molar-refractivity contribution in [2.75, 3.05) is 14.2 Å². The molecule has 0 unspecified atom stereocenters. The zero-order valence-electron chi connectivity index (χ0n) is 11.3. The first kappa shape index (κ1) is 14.1. The van der Waals surface area contributed by atoms with Crippen molar-refractivity contribution in [2.24, 2.45) is 5.73 Å². The molecule has 0 heterocycles. The molecule has 2 rings (SSSR count). The van der Waals surface area contributed by atoms with Crippen molar-refractivity contribution in [1.82, 2.24) is 0 Å². The van der Waals surface area contributed by atoms with Gasteiger partial charge in [-0.2, -0.15) is 0 Å². The van der Waals surface area contributed by atoms with Gasteiger partial charge in [-0.15, -0.1) is 0 Å². The van der Waals surface area contributed by atoms with Crippen LogP contribution in [0.3, 0.4) is 0 Å². The average Bonchev–Trinajstić information content (AvgIpc) is 2.47. The van der Waals surface area contributed by atoms with Gasteiger partial charge in [0.25, 0.3) is 0 Å². The molecule has 0 radical (unpaired) electrons. The van der Waals surface area contributed by atoms with E-state index in [1.54, 1.807) is 32.4 Å². The second-order valence-electron chi connectivity index (χ2n) is 3.98. The maximum Gasteiger partial charge on any atom is 0.169 e. The third kappa shape index (κ3) is 3.00. The maximum atomic E-state index is 5.86. The second-order valence-corrected chi connectivity index (χ2v) is 4.42. The van der Waals surface area contributed by atoms with Crippen LogP contribution in [0.5, 0.6) is 23.0 Å². The van der Waals surface area contributed by atoms with Gasteiger partial charge in [0, 0.05) is 6.07 Å². The molecule has 0 saturated carbocycles. The number of hydrogen-bond acceptors (Lipinski definition) is 4. The Morgan fingerprint density at radius 3 is 2.25 bits per heavy atom. The minimum atomic E-state index is 0.262. The second kappa shape index (κ2) is 6.25. The number of methoxy groups -OCH3 is 2. The molecule has 0 fully saturated rings. The minimum absolute atomic E-state index is 0.262. The van der Waals surface area contributed by atoms with Crippen molar-refractivity contribution in [1.29, 1.82) is 0 Å². The highest BCUT2D eigenvalue weighted by molar-refractivity contribution is 7.80. The lowest BCUT2D eigenvalue weighted by Crippen LogP contribution is -2.10. The Bertz CT molecular complexity index is 628. The summed E-state index contributed by atoms with van der Waals surface area (Å²) in [6.07, 6.45) is 0. The van der Waals surface area contributed by atoms with Crippen LogP contribution >= 0.6 is 12.2 Å². The summed E-state index contributed by atoms with van der Waals surface area (Å²) in [6, 6.07) is 12.6. The number of nitrogens with two attached hydrogens (primary N) is 1. The summed E-state index contributed by atoms with van der Waals surface area (Å²) >= 11 is 5.03. The fourth-order valence-corrected chi connectivity index (χ4v) is 1.91. The van der Waals surface area contributed by atoms with E-state index in [0.717, 1.165) is 0 Å². The van der Waals surface area contributed by atoms with Crippen molar-refractivity contribution in [3.05, 3.63) is 48.0 Å². The smallest absolute Gasteiger partial charge is 0.169 e. The van der Waals surface area contributed by atoms with Crippen LogP contribution in [0.4, 0.5) is 0 Å². The summed E-state index contributed by atoms with van der Waals surface area (Å²) in [6.45, 7) is 0. The van der Waals surface area contributed by atoms with Crippen LogP contribution in [-0.4, -0.2) is 19.2 Å². The summed E-state index contributed by atoms with van der Waals surface area (Å²) in [7, 11) is 3.17. The molecule has 0 amide bonds. The fourth-order valence-electron chi connectivity index (χ4n) is 1.74. The van der Waals surface area contributed by atoms with Gasteiger partial charge in [-0.05, 0) is 24.3 Å². The number of thiocarbonyl (C=S) groups is 1. The first-order valence-corrected chi connectivity index (χ1v) is 6.35. The molecular formula is C15H15NO3S. The number of hydrogen-bond donors (Lipinski definition) is 1. The molecule has 5 heteroatoms. The van der Waals surface area contributed by atoms with Crippen LogP contribution in [-0.2, 0) is 0 Å². The Labute approximate surface area is 123 Å². The van der Waals surface area contributed by atoms with Crippen LogP contribution in [0.15, 0.2) is 42.5 Å². The van der Waals surface area contributed by atoms with E-state index >= 15 is 0 Å². The normalized spacial score (nSPS) is 9.90. The SMILES string of the molecule is COc1ccc(C(N)=S)c(Oc2ccccc2OC)c1. The van der Waals surface area contributed by atoms with Gasteiger partial charge in [-0.1, -0.05) is 24.4 Å². The number of rotatable bonds is 5. The van der Waals surface area contributed by atoms with Crippen molar-refractivity contribution >= 4 is 17.2 Å². The summed E-state index contributed by atoms with van der Waals surface area (Å²) in [4.78, 5) is 0.262. The molecule has 0 atom stereocenters. The molecule has 104 valence electrons. The third-order valence-electron chi connectivity index (χ3n) is 2.74. The van der Waals surface area contributed by atoms with Gasteiger partial charge in [-0.25, -0.2) is 0 Å². The van der Waals surface area contributed by atoms with E-state index in [0.29, 0.717) is 28.6 Å². The monoisotopic (exact) mass is 289 g/mol. The van der Waals surface area contributed by atoms with Crippen molar-refractivity contribution in [3.63, 3.8) is 0 Å². The van der Waals surface area contributed by atoms with E-state index in [1.807, 2.05) is 24.3 Å². The quantitative estimate of drug-likeness (QED) is 0.857. The topological polar surface area (TPSA) is 53.7 Å². The van der Waals surface area contributed by atoms with E-state index in [4.69, 9.17) is 32.2 Å². The molecule has 2 aromatic rings. The van der Waals surface area contributed by atoms with Gasteiger partial charge in [-0.3, -0.25) is 0 Å². The van der Waals surface area contributed by atoms with Crippen LogP contribution in [0.25, 0.3) is 0 Å². The van der Waals surface area contributed by atoms with E-state index in [1.165, 1.54) is 0 Å².